The lowest BCUT2D eigenvalue weighted by atomic mass is 10.3. The molecule has 0 aliphatic carbocycles. The van der Waals surface area contributed by atoms with Crippen LogP contribution in [0.4, 0.5) is 5.69 Å². The number of aryl methyl sites for hydroxylation is 1. The summed E-state index contributed by atoms with van der Waals surface area (Å²) in [6.07, 6.45) is 1.47. The van der Waals surface area contributed by atoms with Crippen LogP contribution in [0.15, 0.2) is 41.1 Å². The van der Waals surface area contributed by atoms with Gasteiger partial charge in [-0.2, -0.15) is 0 Å². The summed E-state index contributed by atoms with van der Waals surface area (Å²) < 4.78 is 5.21. The van der Waals surface area contributed by atoms with Crippen LogP contribution < -0.4 is 5.32 Å². The molecule has 0 spiro atoms. The lowest BCUT2D eigenvalue weighted by Crippen LogP contribution is -1.99. The Balaban J connectivity index is 1.99. The second-order valence-electron chi connectivity index (χ2n) is 3.08. The molecule has 1 heterocycles. The molecule has 0 saturated heterocycles. The Kier molecular flexibility index (Phi) is 2.49. The Labute approximate surface area is 82.8 Å². The van der Waals surface area contributed by atoms with Crippen molar-refractivity contribution in [2.75, 3.05) is 5.32 Å². The Morgan fingerprint density at radius 1 is 1.29 bits per heavy atom. The number of aromatic nitrogens is 1. The van der Waals surface area contributed by atoms with E-state index in [-0.39, 0.29) is 0 Å². The van der Waals surface area contributed by atoms with Crippen molar-refractivity contribution in [1.29, 1.82) is 0 Å². The molecule has 0 fully saturated rings. The molecule has 1 aromatic carbocycles. The molecule has 0 bridgehead atoms. The van der Waals surface area contributed by atoms with Crippen molar-refractivity contribution >= 4 is 5.69 Å². The van der Waals surface area contributed by atoms with Crippen molar-refractivity contribution < 1.29 is 4.42 Å². The monoisotopic (exact) mass is 188 g/mol. The van der Waals surface area contributed by atoms with E-state index in [0.717, 1.165) is 17.1 Å². The highest BCUT2D eigenvalue weighted by Crippen LogP contribution is 2.10. The largest absolute Gasteiger partial charge is 0.446 e. The molecule has 2 rings (SSSR count). The minimum atomic E-state index is 0.676. The van der Waals surface area contributed by atoms with Gasteiger partial charge < -0.3 is 9.73 Å². The highest BCUT2D eigenvalue weighted by atomic mass is 16.3. The number of hydrogen-bond acceptors (Lipinski definition) is 3. The first-order valence-electron chi connectivity index (χ1n) is 4.54. The van der Waals surface area contributed by atoms with Crippen LogP contribution in [-0.2, 0) is 6.54 Å². The molecule has 0 aliphatic heterocycles. The summed E-state index contributed by atoms with van der Waals surface area (Å²) in [6, 6.07) is 10.0. The van der Waals surface area contributed by atoms with Gasteiger partial charge >= 0.3 is 0 Å². The molecule has 0 atom stereocenters. The van der Waals surface area contributed by atoms with Gasteiger partial charge in [0.05, 0.1) is 12.2 Å². The summed E-state index contributed by atoms with van der Waals surface area (Å²) in [7, 11) is 0. The summed E-state index contributed by atoms with van der Waals surface area (Å²) in [5.74, 6) is 0.883. The van der Waals surface area contributed by atoms with Gasteiger partial charge in [0, 0.05) is 5.69 Å². The minimum absolute atomic E-state index is 0.676. The second kappa shape index (κ2) is 3.96. The van der Waals surface area contributed by atoms with E-state index in [0.29, 0.717) is 6.54 Å². The maximum absolute atomic E-state index is 5.21. The second-order valence-corrected chi connectivity index (χ2v) is 3.08. The quantitative estimate of drug-likeness (QED) is 0.804. The maximum Gasteiger partial charge on any atom is 0.181 e. The average molecular weight is 188 g/mol. The predicted molar refractivity (Wildman–Crippen MR) is 55.0 cm³/mol. The summed E-state index contributed by atoms with van der Waals surface area (Å²) in [6.45, 7) is 2.61. The number of nitrogens with one attached hydrogen (secondary N) is 1. The fraction of sp³-hybridized carbons (Fsp3) is 0.182. The molecule has 72 valence electrons. The molecular weight excluding hydrogens is 176 g/mol. The van der Waals surface area contributed by atoms with Gasteiger partial charge in [-0.05, 0) is 19.1 Å². The number of hydrogen-bond donors (Lipinski definition) is 1. The molecule has 0 unspecified atom stereocenters. The van der Waals surface area contributed by atoms with Crippen LogP contribution in [0.2, 0.25) is 0 Å². The molecule has 0 saturated carbocycles. The Bertz CT molecular complexity index is 395. The molecular formula is C11H12N2O. The van der Waals surface area contributed by atoms with Gasteiger partial charge in [0.2, 0.25) is 0 Å². The first-order valence-corrected chi connectivity index (χ1v) is 4.54. The number of anilines is 1. The third kappa shape index (κ3) is 1.93. The van der Waals surface area contributed by atoms with E-state index in [4.69, 9.17) is 4.42 Å². The van der Waals surface area contributed by atoms with E-state index < -0.39 is 0 Å². The molecule has 3 nitrogen and oxygen atoms in total. The smallest absolute Gasteiger partial charge is 0.181 e. The molecule has 1 N–H and O–H groups in total. The van der Waals surface area contributed by atoms with Crippen molar-refractivity contribution in [1.82, 2.24) is 4.98 Å². The topological polar surface area (TPSA) is 38.1 Å². The third-order valence-electron chi connectivity index (χ3n) is 2.07. The third-order valence-corrected chi connectivity index (χ3v) is 2.07. The molecule has 2 aromatic rings. The Morgan fingerprint density at radius 2 is 2.07 bits per heavy atom. The number of benzene rings is 1. The van der Waals surface area contributed by atoms with Crippen LogP contribution in [-0.4, -0.2) is 4.98 Å². The summed E-state index contributed by atoms with van der Waals surface area (Å²) in [5, 5.41) is 3.25. The van der Waals surface area contributed by atoms with Crippen LogP contribution in [0.25, 0.3) is 0 Å². The first kappa shape index (κ1) is 8.81. The van der Waals surface area contributed by atoms with Gasteiger partial charge in [-0.15, -0.1) is 0 Å². The van der Waals surface area contributed by atoms with Crippen LogP contribution in [0, 0.1) is 6.92 Å². The summed E-state index contributed by atoms with van der Waals surface area (Å²) in [5.41, 5.74) is 2.02. The fourth-order valence-electron chi connectivity index (χ4n) is 1.23. The van der Waals surface area contributed by atoms with Gasteiger partial charge in [-0.25, -0.2) is 4.98 Å². The van der Waals surface area contributed by atoms with E-state index in [9.17, 15) is 0 Å². The predicted octanol–water partition coefficient (Wildman–Crippen LogP) is 2.60. The van der Waals surface area contributed by atoms with Crippen LogP contribution in [0.5, 0.6) is 0 Å². The minimum Gasteiger partial charge on any atom is -0.446 e. The SMILES string of the molecule is Cc1ncoc1CNc1ccccc1. The highest BCUT2D eigenvalue weighted by Gasteiger charge is 2.01. The Morgan fingerprint density at radius 3 is 2.71 bits per heavy atom. The van der Waals surface area contributed by atoms with Crippen molar-refractivity contribution in [2.45, 2.75) is 13.5 Å². The van der Waals surface area contributed by atoms with Crippen molar-refractivity contribution in [3.8, 4) is 0 Å². The Hall–Kier alpha value is -1.77. The first-order chi connectivity index (χ1) is 6.86. The van der Waals surface area contributed by atoms with Gasteiger partial charge in [0.15, 0.2) is 6.39 Å². The van der Waals surface area contributed by atoms with E-state index >= 15 is 0 Å². The fourth-order valence-corrected chi connectivity index (χ4v) is 1.23. The zero-order chi connectivity index (χ0) is 9.80. The molecule has 0 aliphatic rings. The highest BCUT2D eigenvalue weighted by molar-refractivity contribution is 5.42. The number of para-hydroxylation sites is 1. The molecule has 14 heavy (non-hydrogen) atoms. The van der Waals surface area contributed by atoms with E-state index in [1.54, 1.807) is 0 Å². The van der Waals surface area contributed by atoms with Gasteiger partial charge in [0.1, 0.15) is 5.76 Å². The van der Waals surface area contributed by atoms with Crippen molar-refractivity contribution in [3.63, 3.8) is 0 Å². The lowest BCUT2D eigenvalue weighted by molar-refractivity contribution is 0.510. The van der Waals surface area contributed by atoms with Gasteiger partial charge in [-0.3, -0.25) is 0 Å². The number of nitrogens with zero attached hydrogens (tertiary/aromatic N) is 1. The maximum atomic E-state index is 5.21. The number of oxazole rings is 1. The standard InChI is InChI=1S/C11H12N2O/c1-9-11(14-8-13-9)7-12-10-5-3-2-4-6-10/h2-6,8,12H,7H2,1H3. The van der Waals surface area contributed by atoms with E-state index in [1.165, 1.54) is 6.39 Å². The summed E-state index contributed by atoms with van der Waals surface area (Å²) in [4.78, 5) is 4.02. The molecule has 0 radical (unpaired) electrons. The zero-order valence-electron chi connectivity index (χ0n) is 8.03. The van der Waals surface area contributed by atoms with E-state index in [1.807, 2.05) is 37.3 Å². The lowest BCUT2D eigenvalue weighted by Gasteiger charge is -2.03. The van der Waals surface area contributed by atoms with Crippen molar-refractivity contribution in [2.24, 2.45) is 0 Å². The zero-order valence-corrected chi connectivity index (χ0v) is 8.03. The van der Waals surface area contributed by atoms with Crippen LogP contribution >= 0.6 is 0 Å². The summed E-state index contributed by atoms with van der Waals surface area (Å²) >= 11 is 0. The van der Waals surface area contributed by atoms with Crippen LogP contribution in [0.1, 0.15) is 11.5 Å². The van der Waals surface area contributed by atoms with Gasteiger partial charge in [-0.1, -0.05) is 18.2 Å². The van der Waals surface area contributed by atoms with E-state index in [2.05, 4.69) is 10.3 Å². The molecule has 3 heteroatoms. The average Bonchev–Trinajstić information content (AvgIpc) is 2.63. The van der Waals surface area contributed by atoms with Crippen molar-refractivity contribution in [3.05, 3.63) is 48.2 Å². The number of rotatable bonds is 3. The molecule has 0 amide bonds. The van der Waals surface area contributed by atoms with Crippen LogP contribution in [0.3, 0.4) is 0 Å². The molecule has 1 aromatic heterocycles. The normalized spacial score (nSPS) is 10.1. The van der Waals surface area contributed by atoms with Gasteiger partial charge in [0.25, 0.3) is 0 Å².